The molecule has 6 nitrogen and oxygen atoms in total. The van der Waals surface area contributed by atoms with Crippen molar-refractivity contribution in [2.75, 3.05) is 31.1 Å². The molecular formula is C13H21ClN4O2. The van der Waals surface area contributed by atoms with Gasteiger partial charge in [-0.05, 0) is 20.8 Å². The van der Waals surface area contributed by atoms with E-state index >= 15 is 0 Å². The zero-order chi connectivity index (χ0) is 15.0. The number of halogens is 1. The molecule has 1 aliphatic heterocycles. The maximum atomic E-state index is 9.60. The van der Waals surface area contributed by atoms with Gasteiger partial charge in [0.15, 0.2) is 0 Å². The lowest BCUT2D eigenvalue weighted by molar-refractivity contribution is -0.138. The summed E-state index contributed by atoms with van der Waals surface area (Å²) in [5.74, 6) is 0.869. The Morgan fingerprint density at radius 2 is 2.00 bits per heavy atom. The highest BCUT2D eigenvalue weighted by Crippen LogP contribution is 2.12. The largest absolute Gasteiger partial charge is 0.462 e. The highest BCUT2D eigenvalue weighted by atomic mass is 35.5. The van der Waals surface area contributed by atoms with E-state index in [9.17, 15) is 4.79 Å². The molecule has 0 amide bonds. The van der Waals surface area contributed by atoms with E-state index in [1.54, 1.807) is 12.4 Å². The fourth-order valence-electron chi connectivity index (χ4n) is 1.52. The van der Waals surface area contributed by atoms with E-state index in [4.69, 9.17) is 11.6 Å². The van der Waals surface area contributed by atoms with E-state index in [1.807, 2.05) is 20.8 Å². The minimum atomic E-state index is -0.318. The van der Waals surface area contributed by atoms with Gasteiger partial charge < -0.3 is 15.0 Å². The number of anilines is 1. The Morgan fingerprint density at radius 3 is 2.45 bits per heavy atom. The van der Waals surface area contributed by atoms with Gasteiger partial charge in [0.05, 0.1) is 12.4 Å². The molecule has 1 aliphatic rings. The second-order valence-corrected chi connectivity index (χ2v) is 5.65. The lowest BCUT2D eigenvalue weighted by Crippen LogP contribution is -2.43. The molecule has 0 aliphatic carbocycles. The van der Waals surface area contributed by atoms with Gasteiger partial charge in [-0.3, -0.25) is 9.78 Å². The van der Waals surface area contributed by atoms with Crippen LogP contribution in [0.25, 0.3) is 0 Å². The molecule has 7 heteroatoms. The number of aromatic nitrogens is 2. The lowest BCUT2D eigenvalue weighted by Gasteiger charge is -2.27. The molecule has 0 saturated carbocycles. The predicted octanol–water partition coefficient (Wildman–Crippen LogP) is 1.50. The van der Waals surface area contributed by atoms with Gasteiger partial charge in [0, 0.05) is 26.2 Å². The molecule has 112 valence electrons. The maximum Gasteiger partial charge on any atom is 0.293 e. The summed E-state index contributed by atoms with van der Waals surface area (Å²) in [6.07, 6.45) is 3.30. The van der Waals surface area contributed by atoms with Crippen molar-refractivity contribution in [1.82, 2.24) is 15.3 Å². The number of piperazine rings is 1. The molecule has 0 atom stereocenters. The molecule has 0 radical (unpaired) electrons. The molecular weight excluding hydrogens is 280 g/mol. The van der Waals surface area contributed by atoms with Crippen LogP contribution < -0.4 is 10.2 Å². The van der Waals surface area contributed by atoms with Crippen molar-refractivity contribution < 1.29 is 9.53 Å². The van der Waals surface area contributed by atoms with Gasteiger partial charge in [-0.2, -0.15) is 0 Å². The third-order valence-electron chi connectivity index (χ3n) is 2.44. The van der Waals surface area contributed by atoms with Gasteiger partial charge in [0.25, 0.3) is 6.47 Å². The summed E-state index contributed by atoms with van der Waals surface area (Å²) in [5, 5.41) is 3.73. The molecule has 1 fully saturated rings. The molecule has 1 aromatic rings. The number of hydrogen-bond acceptors (Lipinski definition) is 6. The van der Waals surface area contributed by atoms with Crippen LogP contribution in [-0.4, -0.2) is 48.2 Å². The van der Waals surface area contributed by atoms with Gasteiger partial charge in [-0.15, -0.1) is 0 Å². The Balaban J connectivity index is 0.000000246. The summed E-state index contributed by atoms with van der Waals surface area (Å²) in [6, 6.07) is 0. The maximum absolute atomic E-state index is 9.60. The topological polar surface area (TPSA) is 67.3 Å². The minimum absolute atomic E-state index is 0.318. The van der Waals surface area contributed by atoms with Gasteiger partial charge in [-0.25, -0.2) is 4.98 Å². The Hall–Kier alpha value is -1.40. The number of ether oxygens (including phenoxy) is 1. The normalized spacial score (nSPS) is 15.1. The first-order valence-corrected chi connectivity index (χ1v) is 6.85. The van der Waals surface area contributed by atoms with E-state index in [0.29, 0.717) is 11.6 Å². The Labute approximate surface area is 124 Å². The second kappa shape index (κ2) is 8.01. The molecule has 0 bridgehead atoms. The molecule has 0 aromatic carbocycles. The zero-order valence-corrected chi connectivity index (χ0v) is 12.9. The average molecular weight is 301 g/mol. The van der Waals surface area contributed by atoms with E-state index in [-0.39, 0.29) is 5.60 Å². The van der Waals surface area contributed by atoms with Crippen molar-refractivity contribution >= 4 is 23.9 Å². The van der Waals surface area contributed by atoms with Crippen molar-refractivity contribution in [3.05, 3.63) is 17.5 Å². The first-order chi connectivity index (χ1) is 9.42. The van der Waals surface area contributed by atoms with Crippen molar-refractivity contribution in [3.8, 4) is 0 Å². The molecule has 0 unspecified atom stereocenters. The second-order valence-electron chi connectivity index (χ2n) is 5.26. The van der Waals surface area contributed by atoms with Crippen LogP contribution in [0, 0.1) is 0 Å². The number of hydrogen-bond donors (Lipinski definition) is 1. The summed E-state index contributed by atoms with van der Waals surface area (Å²) in [4.78, 5) is 20.0. The van der Waals surface area contributed by atoms with Gasteiger partial charge in [0.2, 0.25) is 0 Å². The minimum Gasteiger partial charge on any atom is -0.462 e. The lowest BCUT2D eigenvalue weighted by atomic mass is 10.2. The number of nitrogens with one attached hydrogen (secondary N) is 1. The van der Waals surface area contributed by atoms with Crippen LogP contribution in [0.5, 0.6) is 0 Å². The molecule has 0 spiro atoms. The fraction of sp³-hybridized carbons (Fsp3) is 0.615. The summed E-state index contributed by atoms with van der Waals surface area (Å²) >= 11 is 5.75. The SMILES string of the molecule is CC(C)(C)OC=O.Clc1cncc(N2CCNCC2)n1. The number of rotatable bonds is 2. The molecule has 1 aromatic heterocycles. The Morgan fingerprint density at radius 1 is 1.35 bits per heavy atom. The molecule has 2 rings (SSSR count). The van der Waals surface area contributed by atoms with E-state index in [0.717, 1.165) is 32.0 Å². The first-order valence-electron chi connectivity index (χ1n) is 6.47. The Bertz CT molecular complexity index is 417. The molecule has 1 N–H and O–H groups in total. The number of carbonyl (C=O) groups is 1. The third-order valence-corrected chi connectivity index (χ3v) is 2.62. The Kier molecular flexibility index (Phi) is 6.67. The monoisotopic (exact) mass is 300 g/mol. The summed E-state index contributed by atoms with van der Waals surface area (Å²) in [5.41, 5.74) is -0.318. The quantitative estimate of drug-likeness (QED) is 0.835. The van der Waals surface area contributed by atoms with E-state index in [2.05, 4.69) is 24.9 Å². The van der Waals surface area contributed by atoms with Crippen LogP contribution in [0.4, 0.5) is 5.82 Å². The van der Waals surface area contributed by atoms with Gasteiger partial charge >= 0.3 is 0 Å². The number of carbonyl (C=O) groups excluding carboxylic acids is 1. The van der Waals surface area contributed by atoms with E-state index in [1.165, 1.54) is 0 Å². The fourth-order valence-corrected chi connectivity index (χ4v) is 1.67. The van der Waals surface area contributed by atoms with Crippen LogP contribution in [-0.2, 0) is 9.53 Å². The summed E-state index contributed by atoms with van der Waals surface area (Å²) in [6.45, 7) is 9.84. The first kappa shape index (κ1) is 16.7. The summed E-state index contributed by atoms with van der Waals surface area (Å²) in [7, 11) is 0. The van der Waals surface area contributed by atoms with Crippen molar-refractivity contribution in [2.24, 2.45) is 0 Å². The zero-order valence-electron chi connectivity index (χ0n) is 12.1. The molecule has 20 heavy (non-hydrogen) atoms. The molecule has 1 saturated heterocycles. The third kappa shape index (κ3) is 6.68. The van der Waals surface area contributed by atoms with Crippen LogP contribution >= 0.6 is 11.6 Å². The molecule has 2 heterocycles. The van der Waals surface area contributed by atoms with Crippen LogP contribution in [0.3, 0.4) is 0 Å². The predicted molar refractivity (Wildman–Crippen MR) is 79.0 cm³/mol. The van der Waals surface area contributed by atoms with E-state index < -0.39 is 0 Å². The number of nitrogens with zero attached hydrogens (tertiary/aromatic N) is 3. The van der Waals surface area contributed by atoms with Crippen molar-refractivity contribution in [3.63, 3.8) is 0 Å². The van der Waals surface area contributed by atoms with Crippen LogP contribution in [0.1, 0.15) is 20.8 Å². The van der Waals surface area contributed by atoms with Gasteiger partial charge in [0.1, 0.15) is 16.6 Å². The van der Waals surface area contributed by atoms with Gasteiger partial charge in [-0.1, -0.05) is 11.6 Å². The van der Waals surface area contributed by atoms with Crippen molar-refractivity contribution in [2.45, 2.75) is 26.4 Å². The van der Waals surface area contributed by atoms with Crippen LogP contribution in [0.2, 0.25) is 5.15 Å². The highest BCUT2D eigenvalue weighted by molar-refractivity contribution is 6.29. The van der Waals surface area contributed by atoms with Crippen LogP contribution in [0.15, 0.2) is 12.4 Å². The van der Waals surface area contributed by atoms with Crippen molar-refractivity contribution in [1.29, 1.82) is 0 Å². The average Bonchev–Trinajstić information content (AvgIpc) is 2.39. The highest BCUT2D eigenvalue weighted by Gasteiger charge is 2.11. The summed E-state index contributed by atoms with van der Waals surface area (Å²) < 4.78 is 4.55. The standard InChI is InChI=1S/C8H11ClN4.C5H10O2/c9-7-5-11-6-8(12-7)13-3-1-10-2-4-13;1-5(2,3)7-4-6/h5-6,10H,1-4H2;4H,1-3H3. The smallest absolute Gasteiger partial charge is 0.293 e.